The zero-order valence-corrected chi connectivity index (χ0v) is 10.9. The molecule has 0 spiro atoms. The number of rotatable bonds is 5. The molecule has 0 aliphatic heterocycles. The van der Waals surface area contributed by atoms with Gasteiger partial charge in [0.1, 0.15) is 5.69 Å². The SMILES string of the molecule is CCC(C)Nc1ccc(S(N)(=O)=O)cc1[N+](=O)[O-]. The van der Waals surface area contributed by atoms with Crippen molar-refractivity contribution in [3.63, 3.8) is 0 Å². The summed E-state index contributed by atoms with van der Waals surface area (Å²) in [4.78, 5) is 9.99. The van der Waals surface area contributed by atoms with Gasteiger partial charge in [-0.3, -0.25) is 10.1 Å². The highest BCUT2D eigenvalue weighted by atomic mass is 32.2. The molecule has 1 atom stereocenters. The lowest BCUT2D eigenvalue weighted by atomic mass is 10.2. The Labute approximate surface area is 105 Å². The van der Waals surface area contributed by atoms with Crippen molar-refractivity contribution in [3.8, 4) is 0 Å². The largest absolute Gasteiger partial charge is 0.377 e. The summed E-state index contributed by atoms with van der Waals surface area (Å²) in [6.07, 6.45) is 0.786. The molecule has 1 unspecified atom stereocenters. The summed E-state index contributed by atoms with van der Waals surface area (Å²) in [6.45, 7) is 3.81. The molecule has 100 valence electrons. The molecule has 0 bridgehead atoms. The number of nitrogens with two attached hydrogens (primary N) is 1. The van der Waals surface area contributed by atoms with Crippen molar-refractivity contribution in [1.29, 1.82) is 0 Å². The number of sulfonamides is 1. The summed E-state index contributed by atoms with van der Waals surface area (Å²) >= 11 is 0. The molecule has 0 aromatic heterocycles. The van der Waals surface area contributed by atoms with Gasteiger partial charge in [0.15, 0.2) is 0 Å². The molecule has 0 heterocycles. The number of benzene rings is 1. The fourth-order valence-electron chi connectivity index (χ4n) is 1.33. The van der Waals surface area contributed by atoms with Gasteiger partial charge in [-0.05, 0) is 25.5 Å². The van der Waals surface area contributed by atoms with Crippen LogP contribution in [0.4, 0.5) is 11.4 Å². The maximum Gasteiger partial charge on any atom is 0.293 e. The van der Waals surface area contributed by atoms with Gasteiger partial charge in [-0.1, -0.05) is 6.92 Å². The Kier molecular flexibility index (Phi) is 4.25. The van der Waals surface area contributed by atoms with Crippen LogP contribution in [0.25, 0.3) is 0 Å². The van der Waals surface area contributed by atoms with Crippen molar-refractivity contribution in [1.82, 2.24) is 0 Å². The van der Waals surface area contributed by atoms with E-state index in [9.17, 15) is 18.5 Å². The Morgan fingerprint density at radius 3 is 2.56 bits per heavy atom. The minimum Gasteiger partial charge on any atom is -0.377 e. The molecule has 1 aromatic rings. The summed E-state index contributed by atoms with van der Waals surface area (Å²) in [5, 5.41) is 18.8. The minimum absolute atomic E-state index is 0.0454. The van der Waals surface area contributed by atoms with E-state index in [1.54, 1.807) is 0 Å². The van der Waals surface area contributed by atoms with Crippen molar-refractivity contribution >= 4 is 21.4 Å². The average molecular weight is 273 g/mol. The molecule has 18 heavy (non-hydrogen) atoms. The average Bonchev–Trinajstić information content (AvgIpc) is 2.27. The van der Waals surface area contributed by atoms with Crippen molar-refractivity contribution < 1.29 is 13.3 Å². The summed E-state index contributed by atoms with van der Waals surface area (Å²) in [5.74, 6) is 0. The molecule has 0 aliphatic rings. The second-order valence-electron chi connectivity index (χ2n) is 3.93. The molecule has 7 nitrogen and oxygen atoms in total. The number of nitro benzene ring substituents is 1. The Morgan fingerprint density at radius 1 is 1.50 bits per heavy atom. The van der Waals surface area contributed by atoms with Crippen LogP contribution in [0, 0.1) is 10.1 Å². The predicted molar refractivity (Wildman–Crippen MR) is 67.8 cm³/mol. The van der Waals surface area contributed by atoms with Gasteiger partial charge in [-0.25, -0.2) is 13.6 Å². The quantitative estimate of drug-likeness (QED) is 0.622. The van der Waals surface area contributed by atoms with Gasteiger partial charge >= 0.3 is 0 Å². The number of primary sulfonamides is 1. The lowest BCUT2D eigenvalue weighted by Gasteiger charge is -2.13. The monoisotopic (exact) mass is 273 g/mol. The fourth-order valence-corrected chi connectivity index (χ4v) is 1.86. The Morgan fingerprint density at radius 2 is 2.11 bits per heavy atom. The number of nitrogens with zero attached hydrogens (tertiary/aromatic N) is 1. The molecular weight excluding hydrogens is 258 g/mol. The van der Waals surface area contributed by atoms with E-state index in [1.165, 1.54) is 12.1 Å². The molecule has 0 fully saturated rings. The topological polar surface area (TPSA) is 115 Å². The normalized spacial score (nSPS) is 13.1. The molecule has 8 heteroatoms. The molecule has 0 amide bonds. The van der Waals surface area contributed by atoms with E-state index in [4.69, 9.17) is 5.14 Å². The maximum absolute atomic E-state index is 11.1. The lowest BCUT2D eigenvalue weighted by Crippen LogP contribution is -2.16. The number of hydrogen-bond donors (Lipinski definition) is 2. The van der Waals surface area contributed by atoms with Gasteiger partial charge in [0.05, 0.1) is 9.82 Å². The zero-order valence-electron chi connectivity index (χ0n) is 10.1. The van der Waals surface area contributed by atoms with Crippen molar-refractivity contribution in [2.75, 3.05) is 5.32 Å². The molecule has 1 aromatic carbocycles. The second kappa shape index (κ2) is 5.32. The third-order valence-electron chi connectivity index (χ3n) is 2.51. The lowest BCUT2D eigenvalue weighted by molar-refractivity contribution is -0.384. The number of anilines is 1. The molecule has 0 saturated heterocycles. The summed E-state index contributed by atoms with van der Waals surface area (Å²) in [5.41, 5.74) is -0.0245. The first-order chi connectivity index (χ1) is 8.25. The van der Waals surface area contributed by atoms with Gasteiger partial charge < -0.3 is 5.32 Å². The van der Waals surface area contributed by atoms with Crippen molar-refractivity contribution in [2.24, 2.45) is 5.14 Å². The van der Waals surface area contributed by atoms with E-state index >= 15 is 0 Å². The van der Waals surface area contributed by atoms with Crippen LogP contribution < -0.4 is 10.5 Å². The van der Waals surface area contributed by atoms with Gasteiger partial charge in [0.25, 0.3) is 5.69 Å². The van der Waals surface area contributed by atoms with Crippen LogP contribution in [0.15, 0.2) is 23.1 Å². The summed E-state index contributed by atoms with van der Waals surface area (Å²) in [6, 6.07) is 3.60. The second-order valence-corrected chi connectivity index (χ2v) is 5.50. The van der Waals surface area contributed by atoms with E-state index in [0.717, 1.165) is 12.5 Å². The molecule has 3 N–H and O–H groups in total. The first-order valence-electron chi connectivity index (χ1n) is 5.33. The highest BCUT2D eigenvalue weighted by Gasteiger charge is 2.19. The molecule has 1 rings (SSSR count). The molecule has 0 radical (unpaired) electrons. The van der Waals surface area contributed by atoms with Crippen molar-refractivity contribution in [3.05, 3.63) is 28.3 Å². The van der Waals surface area contributed by atoms with E-state index in [2.05, 4.69) is 5.32 Å². The third kappa shape index (κ3) is 3.41. The standard InChI is InChI=1S/C10H15N3O4S/c1-3-7(2)12-9-5-4-8(18(11,16)17)6-10(9)13(14)15/h4-7,12H,3H2,1-2H3,(H2,11,16,17). The van der Waals surface area contributed by atoms with Crippen LogP contribution in [0.5, 0.6) is 0 Å². The number of nitrogens with one attached hydrogen (secondary N) is 1. The Balaban J connectivity index is 3.25. The van der Waals surface area contributed by atoms with Crippen LogP contribution in [-0.2, 0) is 10.0 Å². The first kappa shape index (κ1) is 14.4. The van der Waals surface area contributed by atoms with Gasteiger partial charge in [-0.2, -0.15) is 0 Å². The highest BCUT2D eigenvalue weighted by molar-refractivity contribution is 7.89. The fraction of sp³-hybridized carbons (Fsp3) is 0.400. The van der Waals surface area contributed by atoms with Crippen molar-refractivity contribution in [2.45, 2.75) is 31.2 Å². The van der Waals surface area contributed by atoms with E-state index in [-0.39, 0.29) is 22.3 Å². The third-order valence-corrected chi connectivity index (χ3v) is 3.42. The van der Waals surface area contributed by atoms with Crippen LogP contribution >= 0.6 is 0 Å². The maximum atomic E-state index is 11.1. The van der Waals surface area contributed by atoms with Gasteiger partial charge in [-0.15, -0.1) is 0 Å². The zero-order chi connectivity index (χ0) is 13.9. The van der Waals surface area contributed by atoms with Gasteiger partial charge in [0, 0.05) is 12.1 Å². The minimum atomic E-state index is -3.94. The van der Waals surface area contributed by atoms with E-state index < -0.39 is 14.9 Å². The number of nitro groups is 1. The highest BCUT2D eigenvalue weighted by Crippen LogP contribution is 2.27. The van der Waals surface area contributed by atoms with Crippen LogP contribution in [0.3, 0.4) is 0 Å². The van der Waals surface area contributed by atoms with Crippen LogP contribution in [-0.4, -0.2) is 19.4 Å². The smallest absolute Gasteiger partial charge is 0.293 e. The molecule has 0 saturated carbocycles. The Bertz CT molecular complexity index is 556. The Hall–Kier alpha value is -1.67. The van der Waals surface area contributed by atoms with Crippen LogP contribution in [0.1, 0.15) is 20.3 Å². The number of hydrogen-bond acceptors (Lipinski definition) is 5. The predicted octanol–water partition coefficient (Wildman–Crippen LogP) is 1.45. The van der Waals surface area contributed by atoms with Gasteiger partial charge in [0.2, 0.25) is 10.0 Å². The molecule has 0 aliphatic carbocycles. The van der Waals surface area contributed by atoms with Crippen LogP contribution in [0.2, 0.25) is 0 Å². The summed E-state index contributed by atoms with van der Waals surface area (Å²) < 4.78 is 22.3. The molecular formula is C10H15N3O4S. The van der Waals surface area contributed by atoms with E-state index in [0.29, 0.717) is 0 Å². The first-order valence-corrected chi connectivity index (χ1v) is 6.88. The summed E-state index contributed by atoms with van der Waals surface area (Å²) in [7, 11) is -3.94. The van der Waals surface area contributed by atoms with E-state index in [1.807, 2.05) is 13.8 Å².